The van der Waals surface area contributed by atoms with E-state index in [0.717, 1.165) is 10.8 Å². The summed E-state index contributed by atoms with van der Waals surface area (Å²) >= 11 is 0. The number of anilines is 1. The maximum atomic E-state index is 12.9. The summed E-state index contributed by atoms with van der Waals surface area (Å²) in [6.07, 6.45) is 1.09. The van der Waals surface area contributed by atoms with Gasteiger partial charge in [0.1, 0.15) is 0 Å². The molecule has 1 atom stereocenters. The lowest BCUT2D eigenvalue weighted by molar-refractivity contribution is -0.0701. The molecule has 2 aromatic rings. The van der Waals surface area contributed by atoms with Crippen LogP contribution in [0.4, 0.5) is 5.69 Å². The zero-order valence-corrected chi connectivity index (χ0v) is 13.7. The minimum Gasteiger partial charge on any atom is -0.377 e. The normalized spacial score (nSPS) is 26.8. The molecule has 1 amide bonds. The molecule has 124 valence electrons. The van der Waals surface area contributed by atoms with Crippen molar-refractivity contribution in [2.45, 2.75) is 23.8 Å². The smallest absolute Gasteiger partial charge is 0.260 e. The molecule has 2 saturated heterocycles. The van der Waals surface area contributed by atoms with Gasteiger partial charge in [-0.2, -0.15) is 0 Å². The SMILES string of the molecule is O=C1c2cccc3cccc(c23)N1C1CCC2(COC2)NS1(=O)=O. The first-order chi connectivity index (χ1) is 11.5. The monoisotopic (exact) mass is 344 g/mol. The zero-order chi connectivity index (χ0) is 16.5. The van der Waals surface area contributed by atoms with Crippen LogP contribution in [0.2, 0.25) is 0 Å². The first-order valence-corrected chi connectivity index (χ1v) is 9.51. The number of hydrogen-bond acceptors (Lipinski definition) is 4. The number of ether oxygens (including phenoxy) is 1. The fraction of sp³-hybridized carbons (Fsp3) is 0.353. The van der Waals surface area contributed by atoms with E-state index in [1.807, 2.05) is 30.3 Å². The summed E-state index contributed by atoms with van der Waals surface area (Å²) in [5.74, 6) is -0.238. The Morgan fingerprint density at radius 3 is 2.58 bits per heavy atom. The maximum Gasteiger partial charge on any atom is 0.260 e. The van der Waals surface area contributed by atoms with E-state index in [9.17, 15) is 13.2 Å². The first-order valence-electron chi connectivity index (χ1n) is 7.97. The van der Waals surface area contributed by atoms with Crippen LogP contribution in [0.3, 0.4) is 0 Å². The number of carbonyl (C=O) groups is 1. The van der Waals surface area contributed by atoms with E-state index < -0.39 is 20.9 Å². The molecule has 0 aliphatic carbocycles. The predicted molar refractivity (Wildman–Crippen MR) is 89.4 cm³/mol. The van der Waals surface area contributed by atoms with Crippen LogP contribution in [-0.4, -0.2) is 38.5 Å². The highest BCUT2D eigenvalue weighted by Crippen LogP contribution is 2.42. The third-order valence-corrected chi connectivity index (χ3v) is 7.10. The maximum absolute atomic E-state index is 12.9. The van der Waals surface area contributed by atoms with Crippen molar-refractivity contribution in [3.05, 3.63) is 42.0 Å². The predicted octanol–water partition coefficient (Wildman–Crippen LogP) is 1.61. The summed E-state index contributed by atoms with van der Waals surface area (Å²) in [6, 6.07) is 11.1. The van der Waals surface area contributed by atoms with Gasteiger partial charge in [0.15, 0.2) is 5.37 Å². The third-order valence-electron chi connectivity index (χ3n) is 5.22. The summed E-state index contributed by atoms with van der Waals surface area (Å²) in [5.41, 5.74) is 0.784. The summed E-state index contributed by atoms with van der Waals surface area (Å²) in [7, 11) is -3.65. The van der Waals surface area contributed by atoms with Gasteiger partial charge in [-0.05, 0) is 30.4 Å². The highest BCUT2D eigenvalue weighted by atomic mass is 32.2. The molecule has 0 radical (unpaired) electrons. The fourth-order valence-electron chi connectivity index (χ4n) is 4.02. The van der Waals surface area contributed by atoms with Gasteiger partial charge in [-0.15, -0.1) is 0 Å². The van der Waals surface area contributed by atoms with Crippen molar-refractivity contribution in [1.82, 2.24) is 4.72 Å². The fourth-order valence-corrected chi connectivity index (χ4v) is 5.90. The number of amides is 1. The van der Waals surface area contributed by atoms with E-state index >= 15 is 0 Å². The molecule has 3 aliphatic rings. The van der Waals surface area contributed by atoms with E-state index in [-0.39, 0.29) is 5.91 Å². The van der Waals surface area contributed by atoms with Gasteiger partial charge in [-0.1, -0.05) is 24.3 Å². The molecule has 0 bridgehead atoms. The van der Waals surface area contributed by atoms with Crippen LogP contribution in [0.25, 0.3) is 10.8 Å². The first kappa shape index (κ1) is 14.4. The number of nitrogens with one attached hydrogen (secondary N) is 1. The molecule has 5 rings (SSSR count). The van der Waals surface area contributed by atoms with Gasteiger partial charge in [-0.25, -0.2) is 13.1 Å². The second kappa shape index (κ2) is 4.56. The van der Waals surface area contributed by atoms with Crippen LogP contribution in [0.15, 0.2) is 36.4 Å². The number of sulfonamides is 1. The lowest BCUT2D eigenvalue weighted by Gasteiger charge is -2.47. The highest BCUT2D eigenvalue weighted by Gasteiger charge is 2.52. The van der Waals surface area contributed by atoms with Crippen LogP contribution in [0, 0.1) is 0 Å². The number of rotatable bonds is 1. The minimum atomic E-state index is -3.65. The Kier molecular flexibility index (Phi) is 2.73. The molecular formula is C17H16N2O4S. The number of carbonyl (C=O) groups excluding carboxylic acids is 1. The minimum absolute atomic E-state index is 0.238. The topological polar surface area (TPSA) is 75.7 Å². The average molecular weight is 344 g/mol. The molecule has 1 spiro atoms. The van der Waals surface area contributed by atoms with Crippen molar-refractivity contribution in [2.24, 2.45) is 0 Å². The van der Waals surface area contributed by atoms with E-state index in [0.29, 0.717) is 37.3 Å². The lowest BCUT2D eigenvalue weighted by Crippen LogP contribution is -2.68. The van der Waals surface area contributed by atoms with Crippen LogP contribution in [0.5, 0.6) is 0 Å². The molecule has 2 fully saturated rings. The van der Waals surface area contributed by atoms with E-state index in [1.165, 1.54) is 4.90 Å². The number of nitrogens with zero attached hydrogens (tertiary/aromatic N) is 1. The Bertz CT molecular complexity index is 976. The second-order valence-corrected chi connectivity index (χ2v) is 8.61. The van der Waals surface area contributed by atoms with Crippen LogP contribution < -0.4 is 9.62 Å². The van der Waals surface area contributed by atoms with E-state index in [1.54, 1.807) is 6.07 Å². The summed E-state index contributed by atoms with van der Waals surface area (Å²) < 4.78 is 33.6. The van der Waals surface area contributed by atoms with E-state index in [2.05, 4.69) is 4.72 Å². The molecule has 7 heteroatoms. The van der Waals surface area contributed by atoms with Crippen LogP contribution in [-0.2, 0) is 14.8 Å². The Morgan fingerprint density at radius 1 is 1.17 bits per heavy atom. The molecule has 24 heavy (non-hydrogen) atoms. The van der Waals surface area contributed by atoms with Crippen molar-refractivity contribution >= 4 is 32.4 Å². The molecule has 0 saturated carbocycles. The molecule has 0 aromatic heterocycles. The molecule has 3 aliphatic heterocycles. The Balaban J connectivity index is 1.61. The third kappa shape index (κ3) is 1.77. The van der Waals surface area contributed by atoms with E-state index in [4.69, 9.17) is 4.74 Å². The van der Waals surface area contributed by atoms with Gasteiger partial charge in [0.05, 0.1) is 24.4 Å². The Morgan fingerprint density at radius 2 is 1.92 bits per heavy atom. The van der Waals surface area contributed by atoms with Crippen molar-refractivity contribution < 1.29 is 17.9 Å². The summed E-state index contributed by atoms with van der Waals surface area (Å²) in [6.45, 7) is 0.811. The second-order valence-electron chi connectivity index (χ2n) is 6.77. The molecule has 6 nitrogen and oxygen atoms in total. The van der Waals surface area contributed by atoms with Crippen molar-refractivity contribution in [3.63, 3.8) is 0 Å². The molecule has 2 aromatic carbocycles. The molecule has 1 unspecified atom stereocenters. The lowest BCUT2D eigenvalue weighted by atomic mass is 9.92. The quantitative estimate of drug-likeness (QED) is 0.853. The van der Waals surface area contributed by atoms with Crippen LogP contribution >= 0.6 is 0 Å². The van der Waals surface area contributed by atoms with Gasteiger partial charge in [0, 0.05) is 10.9 Å². The Hall–Kier alpha value is -1.96. The van der Waals surface area contributed by atoms with Gasteiger partial charge in [0.2, 0.25) is 10.0 Å². The van der Waals surface area contributed by atoms with Gasteiger partial charge in [-0.3, -0.25) is 9.69 Å². The van der Waals surface area contributed by atoms with Gasteiger partial charge < -0.3 is 4.74 Å². The van der Waals surface area contributed by atoms with Crippen molar-refractivity contribution in [2.75, 3.05) is 18.1 Å². The molecule has 3 heterocycles. The van der Waals surface area contributed by atoms with Crippen molar-refractivity contribution in [1.29, 1.82) is 0 Å². The molecular weight excluding hydrogens is 328 g/mol. The molecule has 1 N–H and O–H groups in total. The number of benzene rings is 2. The van der Waals surface area contributed by atoms with Gasteiger partial charge in [0.25, 0.3) is 5.91 Å². The summed E-state index contributed by atoms with van der Waals surface area (Å²) in [5, 5.41) is 0.910. The Labute approximate surface area is 139 Å². The van der Waals surface area contributed by atoms with Crippen molar-refractivity contribution in [3.8, 4) is 0 Å². The van der Waals surface area contributed by atoms with Crippen LogP contribution in [0.1, 0.15) is 23.2 Å². The highest BCUT2D eigenvalue weighted by molar-refractivity contribution is 7.90. The van der Waals surface area contributed by atoms with Gasteiger partial charge >= 0.3 is 0 Å². The standard InChI is InChI=1S/C17H16N2O4S/c20-16-12-5-1-3-11-4-2-6-13(15(11)12)19(16)14-7-8-17(9-23-10-17)18-24(14,21)22/h1-6,14,18H,7-10H2. The average Bonchev–Trinajstić information content (AvgIpc) is 2.80. The largest absolute Gasteiger partial charge is 0.377 e. The zero-order valence-electron chi connectivity index (χ0n) is 12.9. The number of hydrogen-bond donors (Lipinski definition) is 1. The summed E-state index contributed by atoms with van der Waals surface area (Å²) in [4.78, 5) is 14.4.